The van der Waals surface area contributed by atoms with E-state index in [1.165, 1.54) is 0 Å². The average molecular weight is 597 g/mol. The Bertz CT molecular complexity index is 1480. The van der Waals surface area contributed by atoms with E-state index in [0.717, 1.165) is 23.3 Å². The Balaban J connectivity index is 0.000000247. The van der Waals surface area contributed by atoms with Gasteiger partial charge in [0.15, 0.2) is 0 Å². The normalized spacial score (nSPS) is 12.0. The van der Waals surface area contributed by atoms with E-state index < -0.39 is 40.4 Å². The maximum atomic E-state index is 13.8. The summed E-state index contributed by atoms with van der Waals surface area (Å²) in [7, 11) is 0. The first-order chi connectivity index (χ1) is 19.4. The molecule has 0 aliphatic heterocycles. The zero-order valence-corrected chi connectivity index (χ0v) is 21.5. The molecule has 42 heavy (non-hydrogen) atoms. The number of nitrogens with two attached hydrogens (primary N) is 4. The van der Waals surface area contributed by atoms with Gasteiger partial charge >= 0.3 is 12.4 Å². The summed E-state index contributed by atoms with van der Waals surface area (Å²) in [4.78, 5) is 0. The number of anilines is 4. The highest BCUT2D eigenvalue weighted by atomic mass is 19.4. The molecule has 0 aliphatic carbocycles. The summed E-state index contributed by atoms with van der Waals surface area (Å²) >= 11 is 0. The van der Waals surface area contributed by atoms with Gasteiger partial charge in [-0.2, -0.15) is 26.3 Å². The molecular formula is C28H26F6N4O4. The van der Waals surface area contributed by atoms with Crippen molar-refractivity contribution in [3.8, 4) is 23.0 Å². The van der Waals surface area contributed by atoms with Gasteiger partial charge in [-0.3, -0.25) is 0 Å². The predicted molar refractivity (Wildman–Crippen MR) is 146 cm³/mol. The topological polar surface area (TPSA) is 185 Å². The Morgan fingerprint density at radius 1 is 0.452 bits per heavy atom. The summed E-state index contributed by atoms with van der Waals surface area (Å²) in [6.07, 6.45) is -11.1. The number of phenols is 4. The van der Waals surface area contributed by atoms with Gasteiger partial charge in [-0.05, 0) is 77.2 Å². The molecule has 0 bridgehead atoms. The van der Waals surface area contributed by atoms with Crippen LogP contribution in [0.4, 0.5) is 49.1 Å². The van der Waals surface area contributed by atoms with E-state index in [4.69, 9.17) is 22.9 Å². The van der Waals surface area contributed by atoms with Crippen LogP contribution in [0.15, 0.2) is 72.8 Å². The fourth-order valence-corrected chi connectivity index (χ4v) is 4.17. The van der Waals surface area contributed by atoms with E-state index in [0.29, 0.717) is 42.1 Å². The number of nitrogen functional groups attached to an aromatic ring is 4. The number of halogens is 6. The maximum absolute atomic E-state index is 13.8. The summed E-state index contributed by atoms with van der Waals surface area (Å²) in [6, 6.07) is 13.3. The minimum atomic E-state index is -5.85. The molecule has 14 heteroatoms. The molecule has 0 heterocycles. The van der Waals surface area contributed by atoms with E-state index in [1.54, 1.807) is 24.3 Å². The van der Waals surface area contributed by atoms with Crippen LogP contribution in [0.1, 0.15) is 22.3 Å². The monoisotopic (exact) mass is 596 g/mol. The lowest BCUT2D eigenvalue weighted by Gasteiger charge is -2.38. The third-order valence-corrected chi connectivity index (χ3v) is 6.38. The Kier molecular flexibility index (Phi) is 8.51. The molecule has 0 aromatic heterocycles. The quantitative estimate of drug-likeness (QED) is 0.0859. The zero-order chi connectivity index (χ0) is 31.6. The Hall–Kier alpha value is -5.14. The van der Waals surface area contributed by atoms with Crippen LogP contribution in [-0.4, -0.2) is 32.8 Å². The second kappa shape index (κ2) is 11.4. The molecule has 0 radical (unpaired) electrons. The van der Waals surface area contributed by atoms with Crippen LogP contribution in [0.25, 0.3) is 0 Å². The lowest BCUT2D eigenvalue weighted by molar-refractivity contribution is -0.288. The number of hydrogen-bond donors (Lipinski definition) is 8. The third-order valence-electron chi connectivity index (χ3n) is 6.38. The molecule has 4 aromatic carbocycles. The molecule has 0 amide bonds. The summed E-state index contributed by atoms with van der Waals surface area (Å²) < 4.78 is 82.6. The van der Waals surface area contributed by atoms with Crippen molar-refractivity contribution in [3.05, 3.63) is 95.1 Å². The second-order valence-corrected chi connectivity index (χ2v) is 9.26. The van der Waals surface area contributed by atoms with Gasteiger partial charge in [-0.25, -0.2) is 0 Å². The highest BCUT2D eigenvalue weighted by molar-refractivity contribution is 5.60. The molecule has 224 valence electrons. The van der Waals surface area contributed by atoms with Gasteiger partial charge < -0.3 is 43.4 Å². The molecule has 12 N–H and O–H groups in total. The number of alkyl halides is 6. The molecule has 0 fully saturated rings. The van der Waals surface area contributed by atoms with Gasteiger partial charge in [0.05, 0.1) is 22.7 Å². The maximum Gasteiger partial charge on any atom is 0.411 e. The summed E-state index contributed by atoms with van der Waals surface area (Å²) in [6.45, 7) is 0. The van der Waals surface area contributed by atoms with Gasteiger partial charge in [-0.1, -0.05) is 24.3 Å². The average Bonchev–Trinajstić information content (AvgIpc) is 2.87. The first-order valence-corrected chi connectivity index (χ1v) is 11.8. The van der Waals surface area contributed by atoms with Crippen LogP contribution in [0, 0.1) is 0 Å². The lowest BCUT2D eigenvalue weighted by Crippen LogP contribution is -2.54. The molecule has 4 aromatic rings. The molecule has 8 nitrogen and oxygen atoms in total. The largest absolute Gasteiger partial charge is 0.506 e. The Labute approximate surface area is 235 Å². The molecule has 0 aliphatic rings. The number of aromatic hydroxyl groups is 4. The SMILES string of the molecule is Nc1ccc(C(c2ccc(N)c(O)c2)(C(F)(F)F)C(F)(F)F)cc1O.Nc1ccc(Cc2ccc(N)c(O)c2)cc1O. The van der Waals surface area contributed by atoms with Crippen LogP contribution in [0.3, 0.4) is 0 Å². The van der Waals surface area contributed by atoms with Crippen LogP contribution >= 0.6 is 0 Å². The van der Waals surface area contributed by atoms with Crippen LogP contribution in [-0.2, 0) is 11.8 Å². The molecule has 0 unspecified atom stereocenters. The Morgan fingerprint density at radius 2 is 0.738 bits per heavy atom. The van der Waals surface area contributed by atoms with Crippen LogP contribution in [0.5, 0.6) is 23.0 Å². The van der Waals surface area contributed by atoms with E-state index in [-0.39, 0.29) is 22.9 Å². The summed E-state index contributed by atoms with van der Waals surface area (Å²) in [5, 5.41) is 38.0. The Morgan fingerprint density at radius 3 is 1.00 bits per heavy atom. The predicted octanol–water partition coefficient (Wildman–Crippen LogP) is 5.53. The number of rotatable bonds is 4. The van der Waals surface area contributed by atoms with Crippen molar-refractivity contribution >= 4 is 22.7 Å². The molecule has 0 saturated carbocycles. The standard InChI is InChI=1S/C15H12F6N2O2.C13H14N2O2/c16-14(17,18)13(15(19,20)21,7-1-3-9(22)11(24)5-7)8-2-4-10(23)12(25)6-8;14-10-3-1-8(6-12(10)16)5-9-2-4-11(15)13(17)7-9/h1-6,24-25H,22-23H2;1-4,6-7,16-17H,5,14-15H2. The first kappa shape index (κ1) is 31.4. The van der Waals surface area contributed by atoms with E-state index in [1.807, 2.05) is 12.1 Å². The van der Waals surface area contributed by atoms with E-state index >= 15 is 0 Å². The fourth-order valence-electron chi connectivity index (χ4n) is 4.17. The number of hydrogen-bond acceptors (Lipinski definition) is 8. The van der Waals surface area contributed by atoms with Gasteiger partial charge in [0, 0.05) is 0 Å². The number of phenolic OH excluding ortho intramolecular Hbond substituents is 4. The second-order valence-electron chi connectivity index (χ2n) is 9.26. The highest BCUT2D eigenvalue weighted by Gasteiger charge is 2.72. The van der Waals surface area contributed by atoms with Gasteiger partial charge in [0.25, 0.3) is 0 Å². The molecule has 0 spiro atoms. The van der Waals surface area contributed by atoms with E-state index in [9.17, 15) is 46.8 Å². The lowest BCUT2D eigenvalue weighted by atomic mass is 9.72. The van der Waals surface area contributed by atoms with Crippen molar-refractivity contribution in [1.82, 2.24) is 0 Å². The van der Waals surface area contributed by atoms with Crippen molar-refractivity contribution in [2.45, 2.75) is 24.2 Å². The highest BCUT2D eigenvalue weighted by Crippen LogP contribution is 2.57. The van der Waals surface area contributed by atoms with Crippen molar-refractivity contribution in [2.75, 3.05) is 22.9 Å². The van der Waals surface area contributed by atoms with Crippen molar-refractivity contribution < 1.29 is 46.8 Å². The van der Waals surface area contributed by atoms with Crippen molar-refractivity contribution in [2.24, 2.45) is 0 Å². The molecule has 0 saturated heterocycles. The minimum absolute atomic E-state index is 0.0715. The zero-order valence-electron chi connectivity index (χ0n) is 21.5. The molecule has 4 rings (SSSR count). The third kappa shape index (κ3) is 6.11. The van der Waals surface area contributed by atoms with Crippen LogP contribution < -0.4 is 22.9 Å². The fraction of sp³-hybridized carbons (Fsp3) is 0.143. The number of benzene rings is 4. The minimum Gasteiger partial charge on any atom is -0.506 e. The smallest absolute Gasteiger partial charge is 0.411 e. The summed E-state index contributed by atoms with van der Waals surface area (Å²) in [5.41, 5.74) is 16.2. The van der Waals surface area contributed by atoms with Crippen molar-refractivity contribution in [3.63, 3.8) is 0 Å². The van der Waals surface area contributed by atoms with Gasteiger partial charge in [-0.15, -0.1) is 0 Å². The van der Waals surface area contributed by atoms with Crippen LogP contribution in [0.2, 0.25) is 0 Å². The summed E-state index contributed by atoms with van der Waals surface area (Å²) in [5.74, 6) is -1.73. The molecule has 0 atom stereocenters. The molecular weight excluding hydrogens is 570 g/mol. The van der Waals surface area contributed by atoms with E-state index in [2.05, 4.69) is 0 Å². The van der Waals surface area contributed by atoms with Gasteiger partial charge in [0.2, 0.25) is 5.41 Å². The van der Waals surface area contributed by atoms with Crippen molar-refractivity contribution in [1.29, 1.82) is 0 Å². The first-order valence-electron chi connectivity index (χ1n) is 11.8. The van der Waals surface area contributed by atoms with Gasteiger partial charge in [0.1, 0.15) is 23.0 Å².